The molecule has 0 aliphatic rings. The minimum atomic E-state index is -0.395. The second kappa shape index (κ2) is 5.82. The Bertz CT molecular complexity index is 384. The lowest BCUT2D eigenvalue weighted by Crippen LogP contribution is -2.29. The molecule has 0 amide bonds. The van der Waals surface area contributed by atoms with Crippen molar-refractivity contribution in [1.29, 1.82) is 0 Å². The summed E-state index contributed by atoms with van der Waals surface area (Å²) in [7, 11) is 1.40. The second-order valence-corrected chi connectivity index (χ2v) is 4.98. The maximum atomic E-state index is 11.7. The van der Waals surface area contributed by atoms with Gasteiger partial charge in [0, 0.05) is 16.3 Å². The summed E-state index contributed by atoms with van der Waals surface area (Å²) in [6.07, 6.45) is 1.73. The fraction of sp³-hybridized carbons (Fsp3) is 0.417. The van der Waals surface area contributed by atoms with Crippen LogP contribution in [0.25, 0.3) is 0 Å². The van der Waals surface area contributed by atoms with Gasteiger partial charge in [0.25, 0.3) is 0 Å². The van der Waals surface area contributed by atoms with Gasteiger partial charge in [-0.2, -0.15) is 0 Å². The third-order valence-corrected chi connectivity index (χ3v) is 3.28. The highest BCUT2D eigenvalue weighted by molar-refractivity contribution is 7.12. The molecule has 1 aromatic heterocycles. The molecule has 3 nitrogen and oxygen atoms in total. The first-order valence-corrected chi connectivity index (χ1v) is 5.90. The van der Waals surface area contributed by atoms with Crippen LogP contribution in [0.1, 0.15) is 21.4 Å². The monoisotopic (exact) mass is 239 g/mol. The van der Waals surface area contributed by atoms with E-state index < -0.39 is 6.04 Å². The van der Waals surface area contributed by atoms with Crippen LogP contribution < -0.4 is 5.32 Å². The van der Waals surface area contributed by atoms with Crippen LogP contribution in [0.3, 0.4) is 0 Å². The summed E-state index contributed by atoms with van der Waals surface area (Å²) in [4.78, 5) is 14.0. The van der Waals surface area contributed by atoms with Gasteiger partial charge in [0.1, 0.15) is 6.04 Å². The summed E-state index contributed by atoms with van der Waals surface area (Å²) in [5, 5.41) is 3.10. The second-order valence-electron chi connectivity index (χ2n) is 3.52. The summed E-state index contributed by atoms with van der Waals surface area (Å²) in [6.45, 7) is 8.25. The van der Waals surface area contributed by atoms with Crippen LogP contribution in [-0.4, -0.2) is 19.6 Å². The molecule has 0 aliphatic heterocycles. The van der Waals surface area contributed by atoms with E-state index in [1.807, 2.05) is 19.9 Å². The van der Waals surface area contributed by atoms with Gasteiger partial charge in [-0.1, -0.05) is 6.08 Å². The van der Waals surface area contributed by atoms with Crippen LogP contribution >= 0.6 is 11.3 Å². The van der Waals surface area contributed by atoms with Crippen LogP contribution in [0.5, 0.6) is 0 Å². The smallest absolute Gasteiger partial charge is 0.327 e. The molecular formula is C12H17NO2S. The van der Waals surface area contributed by atoms with Crippen molar-refractivity contribution in [1.82, 2.24) is 5.32 Å². The fourth-order valence-corrected chi connectivity index (χ4v) is 2.54. The summed E-state index contributed by atoms with van der Waals surface area (Å²) >= 11 is 1.69. The van der Waals surface area contributed by atoms with Crippen molar-refractivity contribution >= 4 is 17.3 Å². The SMILES string of the molecule is C=CCNC(C(=O)OC)c1cc(C)sc1C. The Kier molecular flexibility index (Phi) is 4.71. The molecule has 16 heavy (non-hydrogen) atoms. The number of carbonyl (C=O) groups excluding carboxylic acids is 1. The molecule has 1 N–H and O–H groups in total. The van der Waals surface area contributed by atoms with E-state index in [1.165, 1.54) is 12.0 Å². The molecular weight excluding hydrogens is 222 g/mol. The minimum absolute atomic E-state index is 0.261. The maximum absolute atomic E-state index is 11.7. The van der Waals surface area contributed by atoms with E-state index in [9.17, 15) is 4.79 Å². The third-order valence-electron chi connectivity index (χ3n) is 2.29. The van der Waals surface area contributed by atoms with Crippen LogP contribution in [0, 0.1) is 13.8 Å². The maximum Gasteiger partial charge on any atom is 0.327 e. The van der Waals surface area contributed by atoms with E-state index >= 15 is 0 Å². The van der Waals surface area contributed by atoms with Gasteiger partial charge in [0.05, 0.1) is 7.11 Å². The Morgan fingerprint density at radius 1 is 1.69 bits per heavy atom. The predicted octanol–water partition coefficient (Wildman–Crippen LogP) is 2.35. The van der Waals surface area contributed by atoms with Crippen LogP contribution in [-0.2, 0) is 9.53 Å². The molecule has 4 heteroatoms. The molecule has 0 saturated heterocycles. The number of carbonyl (C=O) groups is 1. The molecule has 1 aromatic rings. The highest BCUT2D eigenvalue weighted by Gasteiger charge is 2.23. The topological polar surface area (TPSA) is 38.3 Å². The average molecular weight is 239 g/mol. The zero-order valence-electron chi connectivity index (χ0n) is 9.87. The summed E-state index contributed by atoms with van der Waals surface area (Å²) < 4.78 is 4.80. The normalized spacial score (nSPS) is 12.2. The van der Waals surface area contributed by atoms with Gasteiger partial charge in [-0.05, 0) is 25.5 Å². The number of hydrogen-bond acceptors (Lipinski definition) is 4. The third kappa shape index (κ3) is 2.93. The Labute approximate surface area is 100 Å². The van der Waals surface area contributed by atoms with Gasteiger partial charge in [0.15, 0.2) is 0 Å². The van der Waals surface area contributed by atoms with Gasteiger partial charge < -0.3 is 4.74 Å². The molecule has 0 saturated carbocycles. The van der Waals surface area contributed by atoms with E-state index in [2.05, 4.69) is 11.9 Å². The zero-order chi connectivity index (χ0) is 12.1. The summed E-state index contributed by atoms with van der Waals surface area (Å²) in [6, 6.07) is 1.63. The van der Waals surface area contributed by atoms with E-state index in [4.69, 9.17) is 4.74 Å². The number of esters is 1. The summed E-state index contributed by atoms with van der Waals surface area (Å²) in [5.74, 6) is -0.261. The van der Waals surface area contributed by atoms with Crippen molar-refractivity contribution < 1.29 is 9.53 Å². The molecule has 0 bridgehead atoms. The van der Waals surface area contributed by atoms with E-state index in [0.717, 1.165) is 10.4 Å². The van der Waals surface area contributed by atoms with Crippen molar-refractivity contribution in [3.63, 3.8) is 0 Å². The average Bonchev–Trinajstić information content (AvgIpc) is 2.58. The first-order valence-electron chi connectivity index (χ1n) is 5.09. The van der Waals surface area contributed by atoms with Crippen molar-refractivity contribution in [2.24, 2.45) is 0 Å². The molecule has 1 atom stereocenters. The minimum Gasteiger partial charge on any atom is -0.468 e. The van der Waals surface area contributed by atoms with Crippen molar-refractivity contribution in [3.8, 4) is 0 Å². The number of rotatable bonds is 5. The van der Waals surface area contributed by atoms with Crippen LogP contribution in [0.4, 0.5) is 0 Å². The lowest BCUT2D eigenvalue weighted by Gasteiger charge is -2.15. The Balaban J connectivity index is 2.95. The number of hydrogen-bond donors (Lipinski definition) is 1. The van der Waals surface area contributed by atoms with Crippen molar-refractivity contribution in [3.05, 3.63) is 34.0 Å². The number of methoxy groups -OCH3 is 1. The van der Waals surface area contributed by atoms with E-state index in [-0.39, 0.29) is 5.97 Å². The van der Waals surface area contributed by atoms with Gasteiger partial charge in [-0.15, -0.1) is 17.9 Å². The Hall–Kier alpha value is -1.13. The highest BCUT2D eigenvalue weighted by Crippen LogP contribution is 2.27. The number of ether oxygens (including phenoxy) is 1. The van der Waals surface area contributed by atoms with Crippen molar-refractivity contribution in [2.45, 2.75) is 19.9 Å². The van der Waals surface area contributed by atoms with Crippen LogP contribution in [0.15, 0.2) is 18.7 Å². The lowest BCUT2D eigenvalue weighted by atomic mass is 10.1. The van der Waals surface area contributed by atoms with Gasteiger partial charge >= 0.3 is 5.97 Å². The number of aryl methyl sites for hydroxylation is 2. The molecule has 1 rings (SSSR count). The van der Waals surface area contributed by atoms with Gasteiger partial charge in [-0.25, -0.2) is 4.79 Å². The Morgan fingerprint density at radius 3 is 2.81 bits per heavy atom. The molecule has 0 spiro atoms. The van der Waals surface area contributed by atoms with Crippen molar-refractivity contribution in [2.75, 3.05) is 13.7 Å². The molecule has 0 aliphatic carbocycles. The first-order chi connectivity index (χ1) is 7.60. The number of nitrogens with one attached hydrogen (secondary N) is 1. The number of thiophene rings is 1. The fourth-order valence-electron chi connectivity index (χ4n) is 1.58. The molecule has 1 heterocycles. The largest absolute Gasteiger partial charge is 0.468 e. The predicted molar refractivity (Wildman–Crippen MR) is 66.7 cm³/mol. The lowest BCUT2D eigenvalue weighted by molar-refractivity contribution is -0.143. The first kappa shape index (κ1) is 12.9. The molecule has 0 aromatic carbocycles. The van der Waals surface area contributed by atoms with Gasteiger partial charge in [0.2, 0.25) is 0 Å². The standard InChI is InChI=1S/C12H17NO2S/c1-5-6-13-11(12(14)15-4)10-7-8(2)16-9(10)3/h5,7,11,13H,1,6H2,2-4H3. The molecule has 0 fully saturated rings. The highest BCUT2D eigenvalue weighted by atomic mass is 32.1. The summed E-state index contributed by atoms with van der Waals surface area (Å²) in [5.41, 5.74) is 0.996. The quantitative estimate of drug-likeness (QED) is 0.633. The zero-order valence-corrected chi connectivity index (χ0v) is 10.7. The molecule has 88 valence electrons. The van der Waals surface area contributed by atoms with Crippen LogP contribution in [0.2, 0.25) is 0 Å². The Morgan fingerprint density at radius 2 is 2.38 bits per heavy atom. The van der Waals surface area contributed by atoms with E-state index in [1.54, 1.807) is 17.4 Å². The van der Waals surface area contributed by atoms with Gasteiger partial charge in [-0.3, -0.25) is 5.32 Å². The molecule has 1 unspecified atom stereocenters. The van der Waals surface area contributed by atoms with E-state index in [0.29, 0.717) is 6.54 Å². The molecule has 0 radical (unpaired) electrons.